The molecule has 6 heteroatoms. The van der Waals surface area contributed by atoms with Gasteiger partial charge < -0.3 is 20.2 Å². The molecule has 0 fully saturated rings. The minimum atomic E-state index is -0.0699. The van der Waals surface area contributed by atoms with Gasteiger partial charge in [-0.15, -0.1) is 11.3 Å². The first-order chi connectivity index (χ1) is 13.2. The second kappa shape index (κ2) is 7.06. The first kappa shape index (κ1) is 17.6. The first-order valence-electron chi connectivity index (χ1n) is 8.65. The molecular weight excluding hydrogens is 360 g/mol. The molecule has 0 amide bonds. The number of nitrogens with one attached hydrogen (secondary N) is 1. The Kier molecular flexibility index (Phi) is 4.59. The number of H-pyrrole nitrogens is 1. The molecule has 0 radical (unpaired) electrons. The summed E-state index contributed by atoms with van der Waals surface area (Å²) in [5.74, 6) is 1.54. The molecule has 0 aliphatic carbocycles. The smallest absolute Gasteiger partial charge is 0.266 e. The maximum absolute atomic E-state index is 12.4. The molecule has 0 aliphatic rings. The molecule has 3 N–H and O–H groups in total. The van der Waals surface area contributed by atoms with E-state index in [0.717, 1.165) is 50.9 Å². The minimum absolute atomic E-state index is 0.0699. The number of fused-ring (bicyclic) bond motifs is 3. The summed E-state index contributed by atoms with van der Waals surface area (Å²) in [5, 5.41) is 3.84. The van der Waals surface area contributed by atoms with Gasteiger partial charge in [-0.05, 0) is 53.7 Å². The zero-order valence-corrected chi connectivity index (χ0v) is 16.0. The van der Waals surface area contributed by atoms with Crippen molar-refractivity contribution < 1.29 is 9.47 Å². The van der Waals surface area contributed by atoms with Crippen LogP contribution in [0.15, 0.2) is 46.6 Å². The highest BCUT2D eigenvalue weighted by Gasteiger charge is 2.17. The summed E-state index contributed by atoms with van der Waals surface area (Å²) in [6.45, 7) is 0.560. The van der Waals surface area contributed by atoms with Gasteiger partial charge in [0.2, 0.25) is 0 Å². The summed E-state index contributed by atoms with van der Waals surface area (Å²) < 4.78 is 12.0. The average molecular weight is 380 g/mol. The molecule has 0 saturated heterocycles. The van der Waals surface area contributed by atoms with Gasteiger partial charge in [0.25, 0.3) is 5.56 Å². The van der Waals surface area contributed by atoms with Gasteiger partial charge in [0.05, 0.1) is 14.2 Å². The second-order valence-corrected chi connectivity index (χ2v) is 7.16. The van der Waals surface area contributed by atoms with E-state index in [1.807, 2.05) is 41.8 Å². The Hall–Kier alpha value is -2.83. The van der Waals surface area contributed by atoms with Gasteiger partial charge >= 0.3 is 0 Å². The lowest BCUT2D eigenvalue weighted by molar-refractivity contribution is 0.409. The quantitative estimate of drug-likeness (QED) is 0.550. The van der Waals surface area contributed by atoms with Gasteiger partial charge in [-0.25, -0.2) is 0 Å². The number of methoxy groups -OCH3 is 2. The van der Waals surface area contributed by atoms with Crippen molar-refractivity contribution in [3.05, 3.63) is 57.7 Å². The SMILES string of the molecule is COc1cc(-c2c(OC)ccc3[nH]c(=O)c4sccc4c23)ccc1CCN. The number of aromatic nitrogens is 1. The maximum Gasteiger partial charge on any atom is 0.266 e. The van der Waals surface area contributed by atoms with Crippen LogP contribution in [0.25, 0.3) is 32.1 Å². The number of benzene rings is 2. The Balaban J connectivity index is 2.09. The molecule has 0 saturated carbocycles. The lowest BCUT2D eigenvalue weighted by atomic mass is 9.95. The van der Waals surface area contributed by atoms with Crippen molar-refractivity contribution >= 4 is 32.3 Å². The van der Waals surface area contributed by atoms with Crippen LogP contribution in [-0.4, -0.2) is 25.7 Å². The lowest BCUT2D eigenvalue weighted by Crippen LogP contribution is -2.05. The van der Waals surface area contributed by atoms with E-state index in [1.54, 1.807) is 14.2 Å². The van der Waals surface area contributed by atoms with Crippen molar-refractivity contribution in [3.63, 3.8) is 0 Å². The number of nitrogens with two attached hydrogens (primary N) is 1. The van der Waals surface area contributed by atoms with E-state index < -0.39 is 0 Å². The van der Waals surface area contributed by atoms with E-state index in [2.05, 4.69) is 4.98 Å². The Morgan fingerprint density at radius 3 is 2.63 bits per heavy atom. The van der Waals surface area contributed by atoms with Crippen LogP contribution in [0.1, 0.15) is 5.56 Å². The van der Waals surface area contributed by atoms with Crippen LogP contribution in [0.5, 0.6) is 11.5 Å². The monoisotopic (exact) mass is 380 g/mol. The van der Waals surface area contributed by atoms with E-state index in [9.17, 15) is 4.79 Å². The van der Waals surface area contributed by atoms with Crippen LogP contribution < -0.4 is 20.8 Å². The van der Waals surface area contributed by atoms with Crippen molar-refractivity contribution in [3.8, 4) is 22.6 Å². The molecule has 0 unspecified atom stereocenters. The number of thiophene rings is 1. The molecule has 0 spiro atoms. The van der Waals surface area contributed by atoms with Gasteiger partial charge in [-0.3, -0.25) is 4.79 Å². The highest BCUT2D eigenvalue weighted by atomic mass is 32.1. The Labute approximate surface area is 160 Å². The van der Waals surface area contributed by atoms with Crippen LogP contribution in [0.4, 0.5) is 0 Å². The molecular formula is C21H20N2O3S. The van der Waals surface area contributed by atoms with E-state index in [1.165, 1.54) is 11.3 Å². The third kappa shape index (κ3) is 2.87. The van der Waals surface area contributed by atoms with Crippen molar-refractivity contribution in [2.45, 2.75) is 6.42 Å². The summed E-state index contributed by atoms with van der Waals surface area (Å²) in [4.78, 5) is 15.4. The minimum Gasteiger partial charge on any atom is -0.496 e. The molecule has 2 aromatic carbocycles. The molecule has 0 bridgehead atoms. The summed E-state index contributed by atoms with van der Waals surface area (Å²) >= 11 is 1.44. The summed E-state index contributed by atoms with van der Waals surface area (Å²) in [6.07, 6.45) is 0.748. The molecule has 2 aromatic heterocycles. The van der Waals surface area contributed by atoms with Gasteiger partial charge in [-0.2, -0.15) is 0 Å². The molecule has 2 heterocycles. The fraction of sp³-hybridized carbons (Fsp3) is 0.190. The van der Waals surface area contributed by atoms with Crippen LogP contribution in [0, 0.1) is 0 Å². The average Bonchev–Trinajstić information content (AvgIpc) is 3.18. The van der Waals surface area contributed by atoms with Crippen LogP contribution in [0.2, 0.25) is 0 Å². The number of rotatable bonds is 5. The normalized spacial score (nSPS) is 11.2. The molecule has 0 aliphatic heterocycles. The highest BCUT2D eigenvalue weighted by molar-refractivity contribution is 7.17. The fourth-order valence-corrected chi connectivity index (χ4v) is 4.34. The van der Waals surface area contributed by atoms with Gasteiger partial charge in [0.1, 0.15) is 16.2 Å². The first-order valence-corrected chi connectivity index (χ1v) is 9.53. The molecule has 4 aromatic rings. The fourth-order valence-electron chi connectivity index (χ4n) is 3.55. The van der Waals surface area contributed by atoms with Crippen molar-refractivity contribution in [1.82, 2.24) is 4.98 Å². The molecule has 138 valence electrons. The lowest BCUT2D eigenvalue weighted by Gasteiger charge is -2.15. The number of hydrogen-bond acceptors (Lipinski definition) is 5. The standard InChI is InChI=1S/C21H20N2O3S/c1-25-16-6-5-15-19(14-8-10-27-20(14)21(24)23-15)18(16)13-4-3-12(7-9-22)17(11-13)26-2/h3-6,8,10-11H,7,9,22H2,1-2H3,(H,23,24). The third-order valence-corrected chi connectivity index (χ3v) is 5.68. The topological polar surface area (TPSA) is 77.3 Å². The largest absolute Gasteiger partial charge is 0.496 e. The van der Waals surface area contributed by atoms with Crippen LogP contribution in [0.3, 0.4) is 0 Å². The van der Waals surface area contributed by atoms with Gasteiger partial charge in [0, 0.05) is 21.9 Å². The Bertz CT molecular complexity index is 1190. The van der Waals surface area contributed by atoms with Gasteiger partial charge in [0.15, 0.2) is 0 Å². The Morgan fingerprint density at radius 1 is 1.07 bits per heavy atom. The predicted molar refractivity (Wildman–Crippen MR) is 111 cm³/mol. The summed E-state index contributed by atoms with van der Waals surface area (Å²) in [7, 11) is 3.31. The zero-order valence-electron chi connectivity index (χ0n) is 15.2. The van der Waals surface area contributed by atoms with E-state index >= 15 is 0 Å². The van der Waals surface area contributed by atoms with Crippen LogP contribution in [-0.2, 0) is 6.42 Å². The number of aromatic amines is 1. The van der Waals surface area contributed by atoms with Gasteiger partial charge in [-0.1, -0.05) is 12.1 Å². The molecule has 5 nitrogen and oxygen atoms in total. The molecule has 0 atom stereocenters. The maximum atomic E-state index is 12.4. The summed E-state index contributed by atoms with van der Waals surface area (Å²) in [6, 6.07) is 11.8. The molecule has 27 heavy (non-hydrogen) atoms. The van der Waals surface area contributed by atoms with Crippen molar-refractivity contribution in [1.29, 1.82) is 0 Å². The van der Waals surface area contributed by atoms with E-state index in [0.29, 0.717) is 11.2 Å². The Morgan fingerprint density at radius 2 is 1.89 bits per heavy atom. The number of hydrogen-bond donors (Lipinski definition) is 2. The van der Waals surface area contributed by atoms with E-state index in [4.69, 9.17) is 15.2 Å². The predicted octanol–water partition coefficient (Wildman–Crippen LogP) is 3.93. The van der Waals surface area contributed by atoms with E-state index in [-0.39, 0.29) is 5.56 Å². The van der Waals surface area contributed by atoms with Crippen molar-refractivity contribution in [2.24, 2.45) is 5.73 Å². The third-order valence-electron chi connectivity index (χ3n) is 4.77. The van der Waals surface area contributed by atoms with Crippen LogP contribution >= 0.6 is 11.3 Å². The number of ether oxygens (including phenoxy) is 2. The second-order valence-electron chi connectivity index (χ2n) is 6.25. The van der Waals surface area contributed by atoms with Crippen molar-refractivity contribution in [2.75, 3.05) is 20.8 Å². The zero-order chi connectivity index (χ0) is 19.0. The summed E-state index contributed by atoms with van der Waals surface area (Å²) in [5.41, 5.74) is 9.40. The molecule has 4 rings (SSSR count). The highest BCUT2D eigenvalue weighted by Crippen LogP contribution is 2.41. The number of pyridine rings is 1.